The Balaban J connectivity index is 1.52. The maximum atomic E-state index is 14.5. The number of fused-ring (bicyclic) bond motifs is 6. The van der Waals surface area contributed by atoms with Gasteiger partial charge >= 0.3 is 0 Å². The summed E-state index contributed by atoms with van der Waals surface area (Å²) in [4.78, 5) is 30.6. The zero-order valence-corrected chi connectivity index (χ0v) is 25.0. The Kier molecular flexibility index (Phi) is 5.11. The van der Waals surface area contributed by atoms with Crippen molar-refractivity contribution in [2.75, 3.05) is 4.90 Å². The molecule has 4 nitrogen and oxygen atoms in total. The molecule has 0 fully saturated rings. The fourth-order valence-corrected chi connectivity index (χ4v) is 7.16. The first-order valence-electron chi connectivity index (χ1n) is 14.9. The number of rotatable bonds is 1. The van der Waals surface area contributed by atoms with Crippen molar-refractivity contribution in [3.05, 3.63) is 140 Å². The van der Waals surface area contributed by atoms with Crippen LogP contribution in [0.4, 0.5) is 17.1 Å². The SMILES string of the molecule is CC(C)(C)c1cc2c(=O)c3ccccc3n3c4ccc(N5c6ccccc6C(C)(C)c6ccccc65)cc4c(=O)c(c1)c23. The van der Waals surface area contributed by atoms with E-state index in [0.717, 1.165) is 33.7 Å². The predicted molar refractivity (Wildman–Crippen MR) is 179 cm³/mol. The quantitative estimate of drug-likeness (QED) is 0.149. The van der Waals surface area contributed by atoms with Crippen LogP contribution < -0.4 is 15.8 Å². The molecule has 0 saturated heterocycles. The summed E-state index contributed by atoms with van der Waals surface area (Å²) in [7, 11) is 0. The Bertz CT molecular complexity index is 2360. The third-order valence-electron chi connectivity index (χ3n) is 9.44. The molecule has 8 rings (SSSR count). The minimum Gasteiger partial charge on any atom is -0.310 e. The summed E-state index contributed by atoms with van der Waals surface area (Å²) >= 11 is 0. The lowest BCUT2D eigenvalue weighted by Gasteiger charge is -2.42. The van der Waals surface area contributed by atoms with Gasteiger partial charge < -0.3 is 9.30 Å². The highest BCUT2D eigenvalue weighted by Crippen LogP contribution is 2.51. The lowest BCUT2D eigenvalue weighted by atomic mass is 9.73. The second-order valence-electron chi connectivity index (χ2n) is 13.4. The van der Waals surface area contributed by atoms with Crippen LogP contribution in [-0.4, -0.2) is 4.40 Å². The second kappa shape index (κ2) is 8.54. The smallest absolute Gasteiger partial charge is 0.197 e. The van der Waals surface area contributed by atoms with E-state index in [0.29, 0.717) is 27.1 Å². The number of anilines is 3. The molecule has 0 spiro atoms. The van der Waals surface area contributed by atoms with Crippen LogP contribution in [0.1, 0.15) is 51.3 Å². The summed E-state index contributed by atoms with van der Waals surface area (Å²) in [5.74, 6) is 0. The molecule has 3 heterocycles. The Labute approximate surface area is 249 Å². The second-order valence-corrected chi connectivity index (χ2v) is 13.4. The standard InChI is InChI=1S/C39H32N2O2/c1-38(2,3)23-20-27-35-28(21-23)37(43)26-22-24(18-19-32(26)41(35)31-15-9-6-12-25(31)36(27)42)40-33-16-10-7-13-29(33)39(4,5)30-14-8-11-17-34(30)40/h6-22H,1-5H3. The Morgan fingerprint density at radius 3 is 1.74 bits per heavy atom. The van der Waals surface area contributed by atoms with E-state index in [1.165, 1.54) is 11.1 Å². The molecule has 0 atom stereocenters. The number of nitrogens with zero attached hydrogens (tertiary/aromatic N) is 2. The van der Waals surface area contributed by atoms with Crippen LogP contribution in [0, 0.1) is 0 Å². The van der Waals surface area contributed by atoms with Crippen LogP contribution in [-0.2, 0) is 10.8 Å². The van der Waals surface area contributed by atoms with Gasteiger partial charge in [-0.15, -0.1) is 0 Å². The molecule has 0 bridgehead atoms. The van der Waals surface area contributed by atoms with Crippen molar-refractivity contribution < 1.29 is 0 Å². The van der Waals surface area contributed by atoms with Crippen LogP contribution in [0.2, 0.25) is 0 Å². The Hall–Kier alpha value is -4.96. The molecule has 0 unspecified atom stereocenters. The predicted octanol–water partition coefficient (Wildman–Crippen LogP) is 8.96. The van der Waals surface area contributed by atoms with Crippen LogP contribution in [0.15, 0.2) is 113 Å². The number of aromatic nitrogens is 1. The molecule has 7 aromatic rings. The van der Waals surface area contributed by atoms with E-state index in [9.17, 15) is 9.59 Å². The zero-order chi connectivity index (χ0) is 29.8. The number of para-hydroxylation sites is 3. The maximum Gasteiger partial charge on any atom is 0.197 e. The fraction of sp³-hybridized carbons (Fsp3) is 0.179. The number of benzene rings is 5. The summed E-state index contributed by atoms with van der Waals surface area (Å²) in [5, 5.41) is 2.45. The van der Waals surface area contributed by atoms with Crippen LogP contribution in [0.3, 0.4) is 0 Å². The van der Waals surface area contributed by atoms with Gasteiger partial charge in [-0.3, -0.25) is 9.59 Å². The van der Waals surface area contributed by atoms with E-state index in [2.05, 4.69) is 98.5 Å². The van der Waals surface area contributed by atoms with Gasteiger partial charge in [0.25, 0.3) is 0 Å². The summed E-state index contributed by atoms with van der Waals surface area (Å²) in [6.07, 6.45) is 0. The summed E-state index contributed by atoms with van der Waals surface area (Å²) in [6, 6.07) is 35.0. The Morgan fingerprint density at radius 1 is 0.581 bits per heavy atom. The largest absolute Gasteiger partial charge is 0.310 e. The van der Waals surface area contributed by atoms with Crippen molar-refractivity contribution in [2.45, 2.75) is 45.4 Å². The van der Waals surface area contributed by atoms with Crippen LogP contribution >= 0.6 is 0 Å². The molecule has 2 aromatic heterocycles. The molecule has 4 heteroatoms. The zero-order valence-electron chi connectivity index (χ0n) is 25.0. The van der Waals surface area contributed by atoms with Gasteiger partial charge in [-0.05, 0) is 76.7 Å². The Morgan fingerprint density at radius 2 is 1.12 bits per heavy atom. The average molecular weight is 561 g/mol. The molecular weight excluding hydrogens is 528 g/mol. The summed E-state index contributed by atoms with van der Waals surface area (Å²) < 4.78 is 2.12. The first kappa shape index (κ1) is 25.7. The lowest BCUT2D eigenvalue weighted by Crippen LogP contribution is -2.30. The lowest BCUT2D eigenvalue weighted by molar-refractivity contribution is 0.591. The first-order valence-corrected chi connectivity index (χ1v) is 14.9. The molecule has 210 valence electrons. The van der Waals surface area contributed by atoms with E-state index in [-0.39, 0.29) is 21.7 Å². The summed E-state index contributed by atoms with van der Waals surface area (Å²) in [6.45, 7) is 10.9. The van der Waals surface area contributed by atoms with E-state index in [1.54, 1.807) is 0 Å². The van der Waals surface area contributed by atoms with Crippen molar-refractivity contribution in [3.8, 4) is 0 Å². The van der Waals surface area contributed by atoms with Gasteiger partial charge in [-0.25, -0.2) is 0 Å². The highest BCUT2D eigenvalue weighted by Gasteiger charge is 2.36. The highest BCUT2D eigenvalue weighted by atomic mass is 16.1. The van der Waals surface area contributed by atoms with E-state index < -0.39 is 0 Å². The van der Waals surface area contributed by atoms with Crippen molar-refractivity contribution in [1.82, 2.24) is 4.40 Å². The van der Waals surface area contributed by atoms with Gasteiger partial charge in [0.1, 0.15) is 0 Å². The van der Waals surface area contributed by atoms with E-state index >= 15 is 0 Å². The van der Waals surface area contributed by atoms with Gasteiger partial charge in [0.2, 0.25) is 0 Å². The summed E-state index contributed by atoms with van der Waals surface area (Å²) in [5.41, 5.74) is 8.42. The molecule has 0 aliphatic carbocycles. The number of pyridine rings is 2. The third kappa shape index (κ3) is 3.44. The normalized spacial score (nSPS) is 14.5. The average Bonchev–Trinajstić information content (AvgIpc) is 3.00. The third-order valence-corrected chi connectivity index (χ3v) is 9.44. The van der Waals surface area contributed by atoms with Crippen molar-refractivity contribution >= 4 is 55.2 Å². The topological polar surface area (TPSA) is 41.8 Å². The number of hydrogen-bond donors (Lipinski definition) is 0. The molecular formula is C39H32N2O2. The van der Waals surface area contributed by atoms with Gasteiger partial charge in [0.15, 0.2) is 10.9 Å². The number of hydrogen-bond acceptors (Lipinski definition) is 3. The van der Waals surface area contributed by atoms with Gasteiger partial charge in [0, 0.05) is 32.6 Å². The van der Waals surface area contributed by atoms with Crippen molar-refractivity contribution in [2.24, 2.45) is 0 Å². The maximum absolute atomic E-state index is 14.5. The monoisotopic (exact) mass is 560 g/mol. The first-order chi connectivity index (χ1) is 20.6. The highest BCUT2D eigenvalue weighted by molar-refractivity contribution is 6.08. The van der Waals surface area contributed by atoms with E-state index in [1.807, 2.05) is 48.5 Å². The van der Waals surface area contributed by atoms with Gasteiger partial charge in [-0.2, -0.15) is 0 Å². The minimum atomic E-state index is -0.232. The molecule has 0 amide bonds. The van der Waals surface area contributed by atoms with Gasteiger partial charge in [-0.1, -0.05) is 83.1 Å². The van der Waals surface area contributed by atoms with Crippen LogP contribution in [0.25, 0.3) is 38.1 Å². The van der Waals surface area contributed by atoms with Crippen molar-refractivity contribution in [1.29, 1.82) is 0 Å². The molecule has 43 heavy (non-hydrogen) atoms. The molecule has 0 radical (unpaired) electrons. The molecule has 1 aliphatic heterocycles. The molecule has 0 N–H and O–H groups in total. The molecule has 5 aromatic carbocycles. The molecule has 0 saturated carbocycles. The fourth-order valence-electron chi connectivity index (χ4n) is 7.16. The minimum absolute atomic E-state index is 0.0359. The molecule has 1 aliphatic rings. The van der Waals surface area contributed by atoms with Crippen molar-refractivity contribution in [3.63, 3.8) is 0 Å². The van der Waals surface area contributed by atoms with E-state index in [4.69, 9.17) is 0 Å². The van der Waals surface area contributed by atoms with Crippen LogP contribution in [0.5, 0.6) is 0 Å². The van der Waals surface area contributed by atoms with Gasteiger partial charge in [0.05, 0.1) is 27.9 Å².